The minimum absolute atomic E-state index is 0. The fourth-order valence-electron chi connectivity index (χ4n) is 0. The molecule has 0 saturated heterocycles. The van der Waals surface area contributed by atoms with Crippen LogP contribution in [0, 0.1) is 0 Å². The smallest absolute Gasteiger partial charge is 1.00 e. The van der Waals surface area contributed by atoms with Crippen LogP contribution >= 0.6 is 13.5 Å². The summed E-state index contributed by atoms with van der Waals surface area (Å²) in [6, 6.07) is 0. The van der Waals surface area contributed by atoms with Crippen LogP contribution in [0.15, 0.2) is 0 Å². The van der Waals surface area contributed by atoms with Gasteiger partial charge in [-0.1, -0.05) is 0 Å². The first kappa shape index (κ1) is 47.7. The van der Waals surface area contributed by atoms with Crippen LogP contribution in [0.4, 0.5) is 0 Å². The Balaban J connectivity index is 0. The van der Waals surface area contributed by atoms with Gasteiger partial charge >= 0.3 is 19.5 Å². The molecular weight excluding hydrogens is 168 g/mol. The summed E-state index contributed by atoms with van der Waals surface area (Å²) < 4.78 is 0. The number of hydrogen-bond acceptors (Lipinski definition) is 0. The molecule has 0 aromatic carbocycles. The van der Waals surface area contributed by atoms with Crippen LogP contribution in [-0.4, -0.2) is 0 Å². The van der Waals surface area contributed by atoms with Crippen LogP contribution in [0.1, 0.15) is 0 Å². The third-order valence-corrected chi connectivity index (χ3v) is 0. The second-order valence-corrected chi connectivity index (χ2v) is 0. The van der Waals surface area contributed by atoms with Gasteiger partial charge in [-0.15, -0.1) is 0 Å². The van der Waals surface area contributed by atoms with E-state index in [1.807, 2.05) is 0 Å². The summed E-state index contributed by atoms with van der Waals surface area (Å²) in [6.07, 6.45) is 0. The minimum atomic E-state index is 0. The van der Waals surface area contributed by atoms with Crippen molar-refractivity contribution in [3.05, 3.63) is 0 Å². The van der Waals surface area contributed by atoms with Crippen LogP contribution in [0.2, 0.25) is 0 Å². The molecule has 4 heavy (non-hydrogen) atoms. The standard InChI is InChI=1S/2ClH.H2S.Zn/h2*1H;1H2;/q;;;+2/p-2. The van der Waals surface area contributed by atoms with Gasteiger partial charge in [0.25, 0.3) is 0 Å². The molecule has 0 aliphatic carbocycles. The van der Waals surface area contributed by atoms with E-state index in [9.17, 15) is 0 Å². The average Bonchev–Trinajstić information content (AvgIpc) is 0. The molecule has 0 aliphatic heterocycles. The monoisotopic (exact) mass is 168 g/mol. The largest absolute Gasteiger partial charge is 2.00 e. The summed E-state index contributed by atoms with van der Waals surface area (Å²) in [6.45, 7) is 0. The normalized spacial score (nSPS) is 0. The summed E-state index contributed by atoms with van der Waals surface area (Å²) >= 11 is 0. The van der Waals surface area contributed by atoms with Crippen LogP contribution in [0.25, 0.3) is 0 Å². The molecule has 0 fully saturated rings. The van der Waals surface area contributed by atoms with Gasteiger partial charge in [-0.05, 0) is 0 Å². The predicted molar refractivity (Wildman–Crippen MR) is 10.4 cm³/mol. The van der Waals surface area contributed by atoms with Crippen LogP contribution in [0.3, 0.4) is 0 Å². The van der Waals surface area contributed by atoms with Crippen molar-refractivity contribution in [2.75, 3.05) is 0 Å². The van der Waals surface area contributed by atoms with E-state index in [1.54, 1.807) is 0 Å². The van der Waals surface area contributed by atoms with Gasteiger partial charge in [0.2, 0.25) is 0 Å². The number of hydrogen-bond donors (Lipinski definition) is 0. The van der Waals surface area contributed by atoms with E-state index in [-0.39, 0.29) is 57.8 Å². The zero-order chi connectivity index (χ0) is 0. The van der Waals surface area contributed by atoms with Crippen molar-refractivity contribution in [3.8, 4) is 0 Å². The third kappa shape index (κ3) is 9.60. The molecule has 4 heteroatoms. The van der Waals surface area contributed by atoms with Crippen LogP contribution < -0.4 is 24.8 Å². The third-order valence-electron chi connectivity index (χ3n) is 0. The molecule has 0 nitrogen and oxygen atoms in total. The van der Waals surface area contributed by atoms with Gasteiger partial charge in [0.1, 0.15) is 0 Å². The number of rotatable bonds is 0. The molecule has 0 bridgehead atoms. The summed E-state index contributed by atoms with van der Waals surface area (Å²) in [5.41, 5.74) is 0. The van der Waals surface area contributed by atoms with Crippen molar-refractivity contribution >= 4 is 13.5 Å². The Bertz CT molecular complexity index is 6.00. The van der Waals surface area contributed by atoms with Gasteiger partial charge in [-0.3, -0.25) is 0 Å². The van der Waals surface area contributed by atoms with Crippen molar-refractivity contribution in [1.82, 2.24) is 0 Å². The van der Waals surface area contributed by atoms with Gasteiger partial charge in [0, 0.05) is 0 Å². The first-order valence-electron chi connectivity index (χ1n) is 0. The molecule has 0 atom stereocenters. The maximum atomic E-state index is 0. The maximum absolute atomic E-state index is 0. The Morgan fingerprint density at radius 2 is 0.750 bits per heavy atom. The molecule has 0 aromatic heterocycles. The minimum Gasteiger partial charge on any atom is -1.00 e. The molecular formula is H2Cl2SZn. The zero-order valence-corrected chi connectivity index (χ0v) is 7.44. The van der Waals surface area contributed by atoms with Gasteiger partial charge in [-0.2, -0.15) is 13.5 Å². The van der Waals surface area contributed by atoms with E-state index < -0.39 is 0 Å². The van der Waals surface area contributed by atoms with Crippen molar-refractivity contribution in [2.24, 2.45) is 0 Å². The molecule has 0 spiro atoms. The van der Waals surface area contributed by atoms with E-state index in [2.05, 4.69) is 0 Å². The Morgan fingerprint density at radius 1 is 0.750 bits per heavy atom. The van der Waals surface area contributed by atoms with E-state index in [0.29, 0.717) is 0 Å². The number of halogens is 2. The van der Waals surface area contributed by atoms with E-state index in [0.717, 1.165) is 0 Å². The van der Waals surface area contributed by atoms with E-state index in [4.69, 9.17) is 0 Å². The SMILES string of the molecule is S.[Cl-].[Cl-].[Zn+2]. The van der Waals surface area contributed by atoms with Gasteiger partial charge in [0.15, 0.2) is 0 Å². The fourth-order valence-corrected chi connectivity index (χ4v) is 0. The van der Waals surface area contributed by atoms with Crippen molar-refractivity contribution in [3.63, 3.8) is 0 Å². The second-order valence-electron chi connectivity index (χ2n) is 0. The van der Waals surface area contributed by atoms with Crippen molar-refractivity contribution in [1.29, 1.82) is 0 Å². The molecule has 0 saturated carbocycles. The topological polar surface area (TPSA) is 0 Å². The molecule has 0 amide bonds. The molecule has 0 rings (SSSR count). The zero-order valence-electron chi connectivity index (χ0n) is 1.96. The molecule has 0 radical (unpaired) electrons. The van der Waals surface area contributed by atoms with Gasteiger partial charge in [-0.25, -0.2) is 0 Å². The summed E-state index contributed by atoms with van der Waals surface area (Å²) in [5, 5.41) is 0. The van der Waals surface area contributed by atoms with Crippen molar-refractivity contribution in [2.45, 2.75) is 0 Å². The quantitative estimate of drug-likeness (QED) is 0.318. The molecule has 0 aromatic rings. The summed E-state index contributed by atoms with van der Waals surface area (Å²) in [4.78, 5) is 0. The van der Waals surface area contributed by atoms with Gasteiger partial charge < -0.3 is 24.8 Å². The Labute approximate surface area is 57.8 Å². The molecule has 24 valence electrons. The molecule has 0 heterocycles. The Morgan fingerprint density at radius 3 is 0.750 bits per heavy atom. The Kier molecular flexibility index (Phi) is 284. The second kappa shape index (κ2) is 23.8. The fraction of sp³-hybridized carbons (Fsp3) is 0. The predicted octanol–water partition coefficient (Wildman–Crippen LogP) is -5.88. The Hall–Kier alpha value is 1.55. The first-order valence-corrected chi connectivity index (χ1v) is 0. The molecule has 0 N–H and O–H groups in total. The van der Waals surface area contributed by atoms with Crippen molar-refractivity contribution < 1.29 is 44.3 Å². The molecule has 0 unspecified atom stereocenters. The molecule has 0 aliphatic rings. The van der Waals surface area contributed by atoms with Crippen LogP contribution in [-0.2, 0) is 19.5 Å². The van der Waals surface area contributed by atoms with Crippen LogP contribution in [0.5, 0.6) is 0 Å². The van der Waals surface area contributed by atoms with Gasteiger partial charge in [0.05, 0.1) is 0 Å². The first-order chi connectivity index (χ1) is 0. The average molecular weight is 170 g/mol. The maximum Gasteiger partial charge on any atom is 2.00 e. The van der Waals surface area contributed by atoms with E-state index >= 15 is 0 Å². The summed E-state index contributed by atoms with van der Waals surface area (Å²) in [7, 11) is 0. The summed E-state index contributed by atoms with van der Waals surface area (Å²) in [5.74, 6) is 0. The van der Waals surface area contributed by atoms with E-state index in [1.165, 1.54) is 0 Å².